The first-order chi connectivity index (χ1) is 30.6. The molecule has 0 fully saturated rings. The molecule has 0 saturated carbocycles. The summed E-state index contributed by atoms with van der Waals surface area (Å²) in [6.45, 7) is 0. The first kappa shape index (κ1) is 38.0. The zero-order chi connectivity index (χ0) is 41.7. The molecule has 2 aromatic carbocycles. The Morgan fingerprint density at radius 2 is 0.677 bits per heavy atom. The fourth-order valence-corrected chi connectivity index (χ4v) is 7.35. The maximum absolute atomic E-state index is 4.84. The maximum Gasteiger partial charge on any atom is 0.159 e. The largest absolute Gasteiger partial charge is 0.306 e. The number of pyridine rings is 6. The van der Waals surface area contributed by atoms with Gasteiger partial charge in [-0.15, -0.1) is 0 Å². The van der Waals surface area contributed by atoms with Crippen molar-refractivity contribution in [1.29, 1.82) is 0 Å². The van der Waals surface area contributed by atoms with Crippen molar-refractivity contribution in [1.82, 2.24) is 54.4 Å². The third-order valence-corrected chi connectivity index (χ3v) is 10.4. The van der Waals surface area contributed by atoms with Crippen molar-refractivity contribution in [3.8, 4) is 74.0 Å². The Morgan fingerprint density at radius 3 is 1.03 bits per heavy atom. The quantitative estimate of drug-likeness (QED) is 0.152. The van der Waals surface area contributed by atoms with E-state index >= 15 is 0 Å². The normalized spacial score (nSPS) is 11.0. The topological polar surface area (TPSA) is 134 Å². The van der Waals surface area contributed by atoms with E-state index in [0.29, 0.717) is 11.6 Å². The van der Waals surface area contributed by atoms with Crippen LogP contribution in [-0.4, -0.2) is 54.4 Å². The summed E-state index contributed by atoms with van der Waals surface area (Å²) in [4.78, 5) is 45.7. The van der Waals surface area contributed by atoms with Crippen LogP contribution in [0.1, 0.15) is 0 Å². The van der Waals surface area contributed by atoms with Gasteiger partial charge in [-0.2, -0.15) is 0 Å². The third-order valence-electron chi connectivity index (χ3n) is 9.97. The van der Waals surface area contributed by atoms with E-state index in [9.17, 15) is 0 Å². The zero-order valence-corrected chi connectivity index (χ0v) is 34.4. The molecule has 0 bridgehead atoms. The number of hydrogen-bond donors (Lipinski definition) is 0. The van der Waals surface area contributed by atoms with E-state index in [1.54, 1.807) is 37.2 Å². The second kappa shape index (κ2) is 17.2. The standard InChI is InChI=1S/C31H20N6.C19H12BrN5/c1-3-13-29-23(9-1)24-10-2-4-14-30(24)37(29)22-19-34-31(35-20-22)21-17-27(25-11-5-7-15-32-25)36-28(18-21)26-12-6-8-16-33-26;20-14-11-23-19(24-12-14)13-9-17(15-5-1-3-7-21-15)25-18(10-13)16-6-2-4-8-22-16/h1-20H;1-12H. The molecule has 9 aromatic heterocycles. The van der Waals surface area contributed by atoms with Crippen LogP contribution in [0.3, 0.4) is 0 Å². The van der Waals surface area contributed by atoms with Crippen LogP contribution in [0.15, 0.2) is 200 Å². The predicted octanol–water partition coefficient (Wildman–Crippen LogP) is 11.2. The van der Waals surface area contributed by atoms with E-state index in [4.69, 9.17) is 19.9 Å². The predicted molar refractivity (Wildman–Crippen MR) is 245 cm³/mol. The Hall–Kier alpha value is -8.22. The lowest BCUT2D eigenvalue weighted by molar-refractivity contribution is 1.08. The van der Waals surface area contributed by atoms with Gasteiger partial charge in [0, 0.05) is 59.1 Å². The highest BCUT2D eigenvalue weighted by Gasteiger charge is 2.16. The van der Waals surface area contributed by atoms with Crippen LogP contribution in [-0.2, 0) is 0 Å². The molecule has 9 heterocycles. The molecule has 11 aromatic rings. The van der Waals surface area contributed by atoms with Crippen molar-refractivity contribution in [2.24, 2.45) is 0 Å². The molecule has 0 saturated heterocycles. The molecule has 0 unspecified atom stereocenters. The number of benzene rings is 2. The number of aromatic nitrogens is 11. The Bertz CT molecular complexity index is 3110. The van der Waals surface area contributed by atoms with E-state index < -0.39 is 0 Å². The fourth-order valence-electron chi connectivity index (χ4n) is 7.15. The molecule has 12 heteroatoms. The average Bonchev–Trinajstić information content (AvgIpc) is 3.70. The monoisotopic (exact) mass is 865 g/mol. The smallest absolute Gasteiger partial charge is 0.159 e. The van der Waals surface area contributed by atoms with Crippen LogP contribution in [0.4, 0.5) is 0 Å². The lowest BCUT2D eigenvalue weighted by Crippen LogP contribution is -1.99. The minimum absolute atomic E-state index is 0.612. The molecule has 0 amide bonds. The molecule has 0 spiro atoms. The summed E-state index contributed by atoms with van der Waals surface area (Å²) in [5.74, 6) is 1.24. The molecule has 0 aliphatic heterocycles. The summed E-state index contributed by atoms with van der Waals surface area (Å²) in [6, 6.07) is 47.7. The second-order valence-electron chi connectivity index (χ2n) is 14.0. The molecule has 294 valence electrons. The third kappa shape index (κ3) is 7.93. The molecule has 0 atom stereocenters. The van der Waals surface area contributed by atoms with Gasteiger partial charge in [0.1, 0.15) is 0 Å². The summed E-state index contributed by atoms with van der Waals surface area (Å²) in [6.07, 6.45) is 14.2. The van der Waals surface area contributed by atoms with Gasteiger partial charge in [-0.3, -0.25) is 19.9 Å². The van der Waals surface area contributed by atoms with Crippen molar-refractivity contribution in [3.63, 3.8) is 0 Å². The average molecular weight is 867 g/mol. The fraction of sp³-hybridized carbons (Fsp3) is 0. The molecular formula is C50H32BrN11. The molecule has 11 nitrogen and oxygen atoms in total. The van der Waals surface area contributed by atoms with Gasteiger partial charge in [0.05, 0.1) is 79.1 Å². The highest BCUT2D eigenvalue weighted by atomic mass is 79.9. The van der Waals surface area contributed by atoms with Gasteiger partial charge < -0.3 is 4.57 Å². The van der Waals surface area contributed by atoms with Crippen molar-refractivity contribution in [2.45, 2.75) is 0 Å². The summed E-state index contributed by atoms with van der Waals surface area (Å²) in [5, 5.41) is 2.41. The molecular weight excluding hydrogens is 835 g/mol. The maximum atomic E-state index is 4.84. The van der Waals surface area contributed by atoms with Crippen molar-refractivity contribution in [3.05, 3.63) is 200 Å². The second-order valence-corrected chi connectivity index (χ2v) is 14.9. The molecule has 62 heavy (non-hydrogen) atoms. The molecule has 0 radical (unpaired) electrons. The van der Waals surface area contributed by atoms with Gasteiger partial charge in [0.15, 0.2) is 11.6 Å². The van der Waals surface area contributed by atoms with Gasteiger partial charge in [-0.05, 0) is 101 Å². The number of nitrogens with zero attached hydrogens (tertiary/aromatic N) is 11. The Labute approximate surface area is 364 Å². The Morgan fingerprint density at radius 1 is 0.339 bits per heavy atom. The number of para-hydroxylation sites is 2. The molecule has 11 rings (SSSR count). The van der Waals surface area contributed by atoms with E-state index in [2.05, 4.69) is 98.9 Å². The SMILES string of the molecule is Brc1cnc(-c2cc(-c3ccccn3)nc(-c3ccccn3)c2)nc1.c1ccc(-c2cc(-c3ncc(-n4c5ccccc5c5ccccc54)cn3)cc(-c3ccccn3)n2)nc1. The number of halogens is 1. The van der Waals surface area contributed by atoms with E-state index in [-0.39, 0.29) is 0 Å². The molecule has 0 N–H and O–H groups in total. The van der Waals surface area contributed by atoms with Crippen LogP contribution < -0.4 is 0 Å². The highest BCUT2D eigenvalue weighted by Crippen LogP contribution is 2.33. The molecule has 0 aliphatic carbocycles. The summed E-state index contributed by atoms with van der Waals surface area (Å²) in [7, 11) is 0. The van der Waals surface area contributed by atoms with E-state index in [0.717, 1.165) is 77.9 Å². The lowest BCUT2D eigenvalue weighted by Gasteiger charge is -2.10. The van der Waals surface area contributed by atoms with Crippen LogP contribution >= 0.6 is 15.9 Å². The van der Waals surface area contributed by atoms with Gasteiger partial charge in [-0.25, -0.2) is 29.9 Å². The highest BCUT2D eigenvalue weighted by molar-refractivity contribution is 9.10. The van der Waals surface area contributed by atoms with E-state index in [1.165, 1.54) is 10.8 Å². The zero-order valence-electron chi connectivity index (χ0n) is 32.8. The van der Waals surface area contributed by atoms with Crippen molar-refractivity contribution < 1.29 is 0 Å². The van der Waals surface area contributed by atoms with Crippen LogP contribution in [0.5, 0.6) is 0 Å². The first-order valence-corrected chi connectivity index (χ1v) is 20.4. The van der Waals surface area contributed by atoms with E-state index in [1.807, 2.05) is 109 Å². The summed E-state index contributed by atoms with van der Waals surface area (Å²) < 4.78 is 3.04. The van der Waals surface area contributed by atoms with Gasteiger partial charge in [0.25, 0.3) is 0 Å². The van der Waals surface area contributed by atoms with Crippen molar-refractivity contribution in [2.75, 3.05) is 0 Å². The lowest BCUT2D eigenvalue weighted by atomic mass is 10.1. The summed E-state index contributed by atoms with van der Waals surface area (Å²) in [5.41, 5.74) is 11.0. The minimum atomic E-state index is 0.612. The first-order valence-electron chi connectivity index (χ1n) is 19.6. The van der Waals surface area contributed by atoms with Gasteiger partial charge in [-0.1, -0.05) is 60.7 Å². The van der Waals surface area contributed by atoms with Gasteiger partial charge >= 0.3 is 0 Å². The molecule has 0 aliphatic rings. The van der Waals surface area contributed by atoms with Gasteiger partial charge in [0.2, 0.25) is 0 Å². The Balaban J connectivity index is 0.000000160. The van der Waals surface area contributed by atoms with Crippen molar-refractivity contribution >= 4 is 37.7 Å². The van der Waals surface area contributed by atoms with Crippen LogP contribution in [0.2, 0.25) is 0 Å². The number of rotatable bonds is 7. The Kier molecular flexibility index (Phi) is 10.5. The summed E-state index contributed by atoms with van der Waals surface area (Å²) >= 11 is 3.36. The van der Waals surface area contributed by atoms with Crippen LogP contribution in [0.25, 0.3) is 95.8 Å². The van der Waals surface area contributed by atoms with Crippen LogP contribution in [0, 0.1) is 0 Å². The number of fused-ring (bicyclic) bond motifs is 3. The minimum Gasteiger partial charge on any atom is -0.306 e. The number of hydrogen-bond acceptors (Lipinski definition) is 10.